The van der Waals surface area contributed by atoms with E-state index in [-0.39, 0.29) is 0 Å². The average molecular weight is 298 g/mol. The van der Waals surface area contributed by atoms with Crippen molar-refractivity contribution in [3.05, 3.63) is 0 Å². The first-order chi connectivity index (χ1) is 3.06. The van der Waals surface area contributed by atoms with E-state index < -0.39 is 8.07 Å². The molecule has 0 rings (SSSR count). The molecule has 0 saturated heterocycles. The van der Waals surface area contributed by atoms with E-state index in [2.05, 4.69) is 28.6 Å². The predicted molar refractivity (Wildman–Crippen MR) is 31.1 cm³/mol. The molecule has 0 aliphatic heterocycles. The number of hydrogen-bond acceptors (Lipinski definition) is 0. The van der Waals surface area contributed by atoms with Crippen molar-refractivity contribution < 1.29 is 26.1 Å². The summed E-state index contributed by atoms with van der Waals surface area (Å²) in [6, 6.07) is 0. The Kier molecular flexibility index (Phi) is 3.18. The molecule has 0 N–H and O–H groups in total. The zero-order valence-corrected chi connectivity index (χ0v) is 11.7. The average Bonchev–Trinajstić information content (AvgIpc) is 1.30. The van der Waals surface area contributed by atoms with Gasteiger partial charge in [0.1, 0.15) is 0 Å². The van der Waals surface area contributed by atoms with Gasteiger partial charge in [0.2, 0.25) is 0 Å². The Morgan fingerprint density at radius 1 is 1.29 bits per heavy atom. The minimum absolute atomic E-state index is 0.700. The van der Waals surface area contributed by atoms with Gasteiger partial charge in [-0.25, -0.2) is 0 Å². The number of rotatable bonds is 0. The fourth-order valence-corrected chi connectivity index (χ4v) is 6.98. The van der Waals surface area contributed by atoms with Gasteiger partial charge in [0.15, 0.2) is 0 Å². The molecule has 0 fully saturated rings. The summed E-state index contributed by atoms with van der Waals surface area (Å²) in [6.07, 6.45) is 0. The standard InChI is InChI=1S/C5H9Si.Hg/c1-5-6(2,3)4;/h2-4H3;. The van der Waals surface area contributed by atoms with Gasteiger partial charge in [-0.05, 0) is 0 Å². The topological polar surface area (TPSA) is 0 Å². The van der Waals surface area contributed by atoms with E-state index in [0.29, 0.717) is 26.1 Å². The summed E-state index contributed by atoms with van der Waals surface area (Å²) in [5.74, 6) is 0. The van der Waals surface area contributed by atoms with E-state index in [1.54, 1.807) is 0 Å². The van der Waals surface area contributed by atoms with Gasteiger partial charge in [-0.2, -0.15) is 0 Å². The molecule has 0 saturated carbocycles. The molecule has 0 radical (unpaired) electrons. The third kappa shape index (κ3) is 6.71. The molecular formula is C5H9HgSi. The summed E-state index contributed by atoms with van der Waals surface area (Å²) < 4.78 is 3.11. The Hall–Kier alpha value is 0.712. The first kappa shape index (κ1) is 7.71. The second-order valence-electron chi connectivity index (χ2n) is 2.55. The van der Waals surface area contributed by atoms with Gasteiger partial charge in [-0.1, -0.05) is 0 Å². The van der Waals surface area contributed by atoms with E-state index in [0.717, 1.165) is 0 Å². The summed E-state index contributed by atoms with van der Waals surface area (Å²) in [6.45, 7) is 6.81. The van der Waals surface area contributed by atoms with E-state index >= 15 is 0 Å². The maximum atomic E-state index is 3.26. The first-order valence-electron chi connectivity index (χ1n) is 2.35. The van der Waals surface area contributed by atoms with Crippen molar-refractivity contribution in [2.75, 3.05) is 0 Å². The third-order valence-corrected chi connectivity index (χ3v) is 3.45. The van der Waals surface area contributed by atoms with E-state index in [9.17, 15) is 0 Å². The zero-order chi connectivity index (χ0) is 5.91. The number of hydrogen-bond donors (Lipinski definition) is 0. The second kappa shape index (κ2) is 2.89. The van der Waals surface area contributed by atoms with Crippen molar-refractivity contribution in [1.29, 1.82) is 0 Å². The quantitative estimate of drug-likeness (QED) is 0.468. The summed E-state index contributed by atoms with van der Waals surface area (Å²) >= 11 is 0.700. The van der Waals surface area contributed by atoms with Crippen molar-refractivity contribution in [3.8, 4) is 8.97 Å². The summed E-state index contributed by atoms with van der Waals surface area (Å²) in [7, 11) is -0.970. The van der Waals surface area contributed by atoms with E-state index in [1.807, 2.05) is 0 Å². The van der Waals surface area contributed by atoms with E-state index in [1.165, 1.54) is 0 Å². The fraction of sp³-hybridized carbons (Fsp3) is 0.600. The van der Waals surface area contributed by atoms with Crippen LogP contribution in [0.3, 0.4) is 0 Å². The van der Waals surface area contributed by atoms with Crippen molar-refractivity contribution in [1.82, 2.24) is 0 Å². The Bertz CT molecular complexity index is 101. The minimum atomic E-state index is -0.970. The first-order valence-corrected chi connectivity index (χ1v) is 8.60. The summed E-state index contributed by atoms with van der Waals surface area (Å²) in [5.41, 5.74) is 3.26. The van der Waals surface area contributed by atoms with Crippen LogP contribution in [0.15, 0.2) is 0 Å². The normalized spacial score (nSPS) is 9.86. The molecule has 0 heterocycles. The third-order valence-electron chi connectivity index (χ3n) is 0.463. The Labute approximate surface area is 62.7 Å². The Morgan fingerprint density at radius 2 is 1.71 bits per heavy atom. The van der Waals surface area contributed by atoms with Crippen LogP contribution in [0.4, 0.5) is 0 Å². The van der Waals surface area contributed by atoms with Crippen LogP contribution in [0.25, 0.3) is 0 Å². The van der Waals surface area contributed by atoms with Gasteiger partial charge >= 0.3 is 62.8 Å². The van der Waals surface area contributed by atoms with Gasteiger partial charge in [-0.15, -0.1) is 0 Å². The zero-order valence-electron chi connectivity index (χ0n) is 5.21. The molecule has 0 amide bonds. The van der Waals surface area contributed by atoms with Crippen LogP contribution in [0.1, 0.15) is 0 Å². The Morgan fingerprint density at radius 3 is 1.71 bits per heavy atom. The van der Waals surface area contributed by atoms with Gasteiger partial charge < -0.3 is 0 Å². The van der Waals surface area contributed by atoms with Gasteiger partial charge in [0.05, 0.1) is 0 Å². The molecule has 0 unspecified atom stereocenters. The molecule has 0 atom stereocenters. The van der Waals surface area contributed by atoms with Crippen LogP contribution in [0.5, 0.6) is 0 Å². The van der Waals surface area contributed by atoms with Crippen LogP contribution < -0.4 is 0 Å². The summed E-state index contributed by atoms with van der Waals surface area (Å²) in [4.78, 5) is 0. The predicted octanol–water partition coefficient (Wildman–Crippen LogP) is 1.37. The van der Waals surface area contributed by atoms with Crippen molar-refractivity contribution in [3.63, 3.8) is 0 Å². The molecule has 0 nitrogen and oxygen atoms in total. The molecule has 0 aliphatic carbocycles. The van der Waals surface area contributed by atoms with Gasteiger partial charge in [0, 0.05) is 0 Å². The molecule has 0 spiro atoms. The molecule has 0 bridgehead atoms. The molecule has 35 valence electrons. The monoisotopic (exact) mass is 299 g/mol. The molecule has 0 aromatic heterocycles. The van der Waals surface area contributed by atoms with Crippen molar-refractivity contribution >= 4 is 8.07 Å². The molecule has 7 heavy (non-hydrogen) atoms. The summed E-state index contributed by atoms with van der Waals surface area (Å²) in [5, 5.41) is 0. The second-order valence-corrected chi connectivity index (χ2v) is 8.68. The maximum absolute atomic E-state index is 3.26. The van der Waals surface area contributed by atoms with Crippen LogP contribution in [-0.4, -0.2) is 8.07 Å². The van der Waals surface area contributed by atoms with Crippen LogP contribution >= 0.6 is 0 Å². The van der Waals surface area contributed by atoms with Crippen LogP contribution in [0.2, 0.25) is 19.6 Å². The SMILES string of the molecule is C[Si](C)(C)C#[C][Hg]. The molecule has 2 heteroatoms. The van der Waals surface area contributed by atoms with Gasteiger partial charge in [0.25, 0.3) is 0 Å². The fourth-order valence-electron chi connectivity index (χ4n) is 0.265. The molecule has 0 aliphatic rings. The van der Waals surface area contributed by atoms with Gasteiger partial charge in [-0.3, -0.25) is 0 Å². The van der Waals surface area contributed by atoms with Crippen LogP contribution in [-0.2, 0) is 26.1 Å². The van der Waals surface area contributed by atoms with Crippen molar-refractivity contribution in [2.45, 2.75) is 19.6 Å². The Balaban J connectivity index is 3.72. The molecule has 0 aromatic carbocycles. The van der Waals surface area contributed by atoms with Crippen molar-refractivity contribution in [2.24, 2.45) is 0 Å². The van der Waals surface area contributed by atoms with E-state index in [4.69, 9.17) is 0 Å². The molecular weight excluding hydrogens is 289 g/mol. The molecule has 0 aromatic rings. The van der Waals surface area contributed by atoms with Crippen LogP contribution in [0, 0.1) is 8.97 Å².